The van der Waals surface area contributed by atoms with E-state index in [1.165, 1.54) is 0 Å². The highest BCUT2D eigenvalue weighted by atomic mass is 79.9. The maximum Gasteiger partial charge on any atom is 0.130 e. The van der Waals surface area contributed by atoms with Crippen LogP contribution in [0.4, 0.5) is 0 Å². The average Bonchev–Trinajstić information content (AvgIpc) is 2.15. The molecule has 0 radical (unpaired) electrons. The molecule has 0 aliphatic rings. The van der Waals surface area contributed by atoms with Crippen molar-refractivity contribution in [3.05, 3.63) is 34.4 Å². The van der Waals surface area contributed by atoms with Crippen molar-refractivity contribution in [2.75, 3.05) is 7.11 Å². The van der Waals surface area contributed by atoms with Gasteiger partial charge in [-0.15, -0.1) is 0 Å². The third-order valence-corrected chi connectivity index (χ3v) is 2.58. The molecule has 3 heteroatoms. The Morgan fingerprint density at radius 1 is 1.29 bits per heavy atom. The molecule has 0 N–H and O–H groups in total. The minimum atomic E-state index is 0.875. The van der Waals surface area contributed by atoms with E-state index in [1.54, 1.807) is 7.11 Å². The van der Waals surface area contributed by atoms with Crippen LogP contribution < -0.4 is 4.74 Å². The predicted octanol–water partition coefficient (Wildman–Crippen LogP) is 3.31. The summed E-state index contributed by atoms with van der Waals surface area (Å²) >= 11 is 3.42. The smallest absolute Gasteiger partial charge is 0.130 e. The first kappa shape index (κ1) is 9.46. The quantitative estimate of drug-likeness (QED) is 0.776. The van der Waals surface area contributed by atoms with Gasteiger partial charge in [-0.1, -0.05) is 15.9 Å². The van der Waals surface area contributed by atoms with E-state index in [1.807, 2.05) is 31.2 Å². The van der Waals surface area contributed by atoms with Crippen LogP contribution in [0.25, 0.3) is 10.9 Å². The predicted molar refractivity (Wildman–Crippen MR) is 60.7 cm³/mol. The molecular formula is C11H10BrNO. The summed E-state index contributed by atoms with van der Waals surface area (Å²) in [5.41, 5.74) is 1.92. The van der Waals surface area contributed by atoms with Gasteiger partial charge in [0.25, 0.3) is 0 Å². The van der Waals surface area contributed by atoms with Gasteiger partial charge in [-0.2, -0.15) is 0 Å². The number of aromatic nitrogens is 1. The monoisotopic (exact) mass is 251 g/mol. The minimum Gasteiger partial charge on any atom is -0.496 e. The third kappa shape index (κ3) is 1.60. The van der Waals surface area contributed by atoms with E-state index >= 15 is 0 Å². The van der Waals surface area contributed by atoms with E-state index in [2.05, 4.69) is 20.9 Å². The molecule has 0 atom stereocenters. The van der Waals surface area contributed by atoms with Gasteiger partial charge in [-0.05, 0) is 25.1 Å². The molecule has 2 rings (SSSR count). The zero-order valence-electron chi connectivity index (χ0n) is 8.04. The molecule has 2 aromatic rings. The molecule has 0 saturated heterocycles. The van der Waals surface area contributed by atoms with E-state index in [9.17, 15) is 0 Å². The van der Waals surface area contributed by atoms with Gasteiger partial charge in [-0.25, -0.2) is 0 Å². The van der Waals surface area contributed by atoms with Crippen LogP contribution in [-0.4, -0.2) is 12.1 Å². The highest BCUT2D eigenvalue weighted by molar-refractivity contribution is 9.10. The molecule has 1 heterocycles. The van der Waals surface area contributed by atoms with E-state index in [0.717, 1.165) is 26.8 Å². The molecule has 14 heavy (non-hydrogen) atoms. The fourth-order valence-corrected chi connectivity index (χ4v) is 1.81. The van der Waals surface area contributed by atoms with Gasteiger partial charge in [0.2, 0.25) is 0 Å². The van der Waals surface area contributed by atoms with Crippen LogP contribution in [0, 0.1) is 6.92 Å². The van der Waals surface area contributed by atoms with Crippen LogP contribution in [0.5, 0.6) is 5.75 Å². The summed E-state index contributed by atoms with van der Waals surface area (Å²) in [4.78, 5) is 4.44. The van der Waals surface area contributed by atoms with Crippen molar-refractivity contribution in [2.45, 2.75) is 6.92 Å². The average molecular weight is 252 g/mol. The van der Waals surface area contributed by atoms with E-state index in [4.69, 9.17) is 4.74 Å². The van der Waals surface area contributed by atoms with Gasteiger partial charge in [0, 0.05) is 21.6 Å². The van der Waals surface area contributed by atoms with Gasteiger partial charge in [0.1, 0.15) is 5.75 Å². The summed E-state index contributed by atoms with van der Waals surface area (Å²) in [7, 11) is 1.68. The van der Waals surface area contributed by atoms with Crippen LogP contribution in [0.1, 0.15) is 5.69 Å². The van der Waals surface area contributed by atoms with Crippen molar-refractivity contribution in [2.24, 2.45) is 0 Å². The first-order chi connectivity index (χ1) is 6.70. The number of pyridine rings is 1. The first-order valence-corrected chi connectivity index (χ1v) is 5.11. The highest BCUT2D eigenvalue weighted by Gasteiger charge is 2.03. The Balaban J connectivity index is 2.81. The van der Waals surface area contributed by atoms with Crippen molar-refractivity contribution >= 4 is 26.8 Å². The highest BCUT2D eigenvalue weighted by Crippen LogP contribution is 2.27. The van der Waals surface area contributed by atoms with E-state index in [0.29, 0.717) is 0 Å². The lowest BCUT2D eigenvalue weighted by molar-refractivity contribution is 0.419. The van der Waals surface area contributed by atoms with Crippen LogP contribution in [0.3, 0.4) is 0 Å². The lowest BCUT2D eigenvalue weighted by Crippen LogP contribution is -1.89. The Kier molecular flexibility index (Phi) is 2.42. The zero-order chi connectivity index (χ0) is 10.1. The van der Waals surface area contributed by atoms with Crippen molar-refractivity contribution in [1.29, 1.82) is 0 Å². The Morgan fingerprint density at radius 2 is 2.07 bits per heavy atom. The molecule has 0 unspecified atom stereocenters. The second-order valence-electron chi connectivity index (χ2n) is 3.13. The molecular weight excluding hydrogens is 242 g/mol. The van der Waals surface area contributed by atoms with Gasteiger partial charge < -0.3 is 4.74 Å². The standard InChI is InChI=1S/C11H10BrNO/c1-7-5-11(14-2)9-4-3-8(12)6-10(9)13-7/h3-6H,1-2H3. The third-order valence-electron chi connectivity index (χ3n) is 2.08. The SMILES string of the molecule is COc1cc(C)nc2cc(Br)ccc12. The molecule has 0 aliphatic carbocycles. The van der Waals surface area contributed by atoms with Gasteiger partial charge in [0.15, 0.2) is 0 Å². The summed E-state index contributed by atoms with van der Waals surface area (Å²) < 4.78 is 6.33. The van der Waals surface area contributed by atoms with Crippen LogP contribution >= 0.6 is 15.9 Å². The summed E-state index contributed by atoms with van der Waals surface area (Å²) in [6, 6.07) is 7.92. The molecule has 0 amide bonds. The number of fused-ring (bicyclic) bond motifs is 1. The topological polar surface area (TPSA) is 22.1 Å². The molecule has 72 valence electrons. The van der Waals surface area contributed by atoms with Gasteiger partial charge in [0.05, 0.1) is 12.6 Å². The summed E-state index contributed by atoms with van der Waals surface area (Å²) in [6.45, 7) is 1.96. The number of halogens is 1. The summed E-state index contributed by atoms with van der Waals surface area (Å²) in [6.07, 6.45) is 0. The largest absolute Gasteiger partial charge is 0.496 e. The first-order valence-electron chi connectivity index (χ1n) is 4.31. The molecule has 1 aromatic heterocycles. The maximum absolute atomic E-state index is 5.29. The van der Waals surface area contributed by atoms with Crippen molar-refractivity contribution < 1.29 is 4.74 Å². The van der Waals surface area contributed by atoms with Crippen LogP contribution in [-0.2, 0) is 0 Å². The lowest BCUT2D eigenvalue weighted by Gasteiger charge is -2.06. The van der Waals surface area contributed by atoms with E-state index < -0.39 is 0 Å². The summed E-state index contributed by atoms with van der Waals surface area (Å²) in [5.74, 6) is 0.875. The molecule has 0 saturated carbocycles. The molecule has 0 aliphatic heterocycles. The normalized spacial score (nSPS) is 10.5. The fraction of sp³-hybridized carbons (Fsp3) is 0.182. The second-order valence-corrected chi connectivity index (χ2v) is 4.04. The van der Waals surface area contributed by atoms with Gasteiger partial charge >= 0.3 is 0 Å². The van der Waals surface area contributed by atoms with E-state index in [-0.39, 0.29) is 0 Å². The van der Waals surface area contributed by atoms with Crippen molar-refractivity contribution in [3.8, 4) is 5.75 Å². The number of rotatable bonds is 1. The number of benzene rings is 1. The number of methoxy groups -OCH3 is 1. The fourth-order valence-electron chi connectivity index (χ4n) is 1.46. The van der Waals surface area contributed by atoms with Crippen LogP contribution in [0.15, 0.2) is 28.7 Å². The second kappa shape index (κ2) is 3.58. The Bertz CT molecular complexity index is 477. The molecule has 2 nitrogen and oxygen atoms in total. The molecule has 0 bridgehead atoms. The molecule has 1 aromatic carbocycles. The number of ether oxygens (including phenoxy) is 1. The maximum atomic E-state index is 5.29. The number of nitrogens with zero attached hydrogens (tertiary/aromatic N) is 1. The Morgan fingerprint density at radius 3 is 2.79 bits per heavy atom. The Labute approximate surface area is 91.0 Å². The molecule has 0 fully saturated rings. The van der Waals surface area contributed by atoms with Crippen LogP contribution in [0.2, 0.25) is 0 Å². The van der Waals surface area contributed by atoms with Gasteiger partial charge in [-0.3, -0.25) is 4.98 Å². The number of hydrogen-bond donors (Lipinski definition) is 0. The number of hydrogen-bond acceptors (Lipinski definition) is 2. The van der Waals surface area contributed by atoms with Crippen molar-refractivity contribution in [1.82, 2.24) is 4.98 Å². The summed E-state index contributed by atoms with van der Waals surface area (Å²) in [5, 5.41) is 1.04. The zero-order valence-corrected chi connectivity index (χ0v) is 9.63. The Hall–Kier alpha value is -1.09. The number of aryl methyl sites for hydroxylation is 1. The minimum absolute atomic E-state index is 0.875. The van der Waals surface area contributed by atoms with Crippen molar-refractivity contribution in [3.63, 3.8) is 0 Å². The lowest BCUT2D eigenvalue weighted by atomic mass is 10.2. The molecule has 0 spiro atoms.